The molecule has 1 fully saturated rings. The number of piperazine rings is 1. The zero-order valence-corrected chi connectivity index (χ0v) is 27.8. The summed E-state index contributed by atoms with van der Waals surface area (Å²) in [6, 6.07) is 20.2. The third kappa shape index (κ3) is 7.44. The van der Waals surface area contributed by atoms with Gasteiger partial charge in [0.1, 0.15) is 17.4 Å². The zero-order valence-electron chi connectivity index (χ0n) is 27.8. The number of nitrogens with one attached hydrogen (secondary N) is 1. The quantitative estimate of drug-likeness (QED) is 0.180. The van der Waals surface area contributed by atoms with Crippen LogP contribution in [0.15, 0.2) is 77.4 Å². The lowest BCUT2D eigenvalue weighted by atomic mass is 10.1. The number of likely N-dealkylation sites (N-methyl/N-ethyl adjacent to an activating group) is 1. The van der Waals surface area contributed by atoms with Crippen LogP contribution in [0.2, 0.25) is 0 Å². The van der Waals surface area contributed by atoms with Gasteiger partial charge < -0.3 is 24.4 Å². The van der Waals surface area contributed by atoms with Gasteiger partial charge in [0.15, 0.2) is 5.82 Å². The molecule has 1 atom stereocenters. The number of anilines is 5. The summed E-state index contributed by atoms with van der Waals surface area (Å²) in [5, 5.41) is 6.97. The van der Waals surface area contributed by atoms with Crippen molar-refractivity contribution >= 4 is 34.9 Å². The summed E-state index contributed by atoms with van der Waals surface area (Å²) in [6.07, 6.45) is 2.06. The van der Waals surface area contributed by atoms with Gasteiger partial charge in [-0.2, -0.15) is 9.97 Å². The molecule has 1 amide bonds. The smallest absolute Gasteiger partial charge is 0.409 e. The lowest BCUT2D eigenvalue weighted by molar-refractivity contribution is 0.209. The average molecular weight is 651 g/mol. The molecule has 0 saturated carbocycles. The molecule has 248 valence electrons. The maximum absolute atomic E-state index is 15.4. The number of ether oxygens (including phenoxy) is 1. The number of carbonyl (C=O) groups excluding carboxylic acids is 1. The van der Waals surface area contributed by atoms with Crippen LogP contribution in [0.3, 0.4) is 0 Å². The standard InChI is InChI=1S/C36H39FN8O3/c1-23-8-6-9-24(2)34(23)47-36(46)45(29-11-7-10-27(20-29)12-15-33-39-26(4)42-48-33)32-16-17-38-35(41-32)40-28-13-14-31(30(37)21-28)44-19-18-43(5)25(3)22-44/h6-11,13-14,16-17,20-21,25H,12,15,18-19,22H2,1-5H3,(H,38,40,41). The molecule has 5 aromatic rings. The van der Waals surface area contributed by atoms with Crippen molar-refractivity contribution in [2.45, 2.75) is 46.6 Å². The highest BCUT2D eigenvalue weighted by atomic mass is 19.1. The van der Waals surface area contributed by atoms with Crippen molar-refractivity contribution in [3.8, 4) is 5.75 Å². The summed E-state index contributed by atoms with van der Waals surface area (Å²) in [6.45, 7) is 10.1. The molecule has 0 aliphatic carbocycles. The number of halogens is 1. The van der Waals surface area contributed by atoms with Crippen LogP contribution in [-0.4, -0.2) is 63.8 Å². The molecule has 1 aliphatic heterocycles. The first-order valence-corrected chi connectivity index (χ1v) is 16.0. The first-order chi connectivity index (χ1) is 23.1. The third-order valence-electron chi connectivity index (χ3n) is 8.52. The van der Waals surface area contributed by atoms with Gasteiger partial charge in [0, 0.05) is 50.0 Å². The molecule has 1 aliphatic rings. The zero-order chi connectivity index (χ0) is 33.8. The lowest BCUT2D eigenvalue weighted by Gasteiger charge is -2.39. The fraction of sp³-hybridized carbons (Fsp3) is 0.306. The molecule has 3 aromatic carbocycles. The number of carbonyl (C=O) groups is 1. The van der Waals surface area contributed by atoms with Crippen molar-refractivity contribution in [2.24, 2.45) is 0 Å². The van der Waals surface area contributed by atoms with Gasteiger partial charge in [0.2, 0.25) is 11.8 Å². The first kappa shape index (κ1) is 32.6. The number of amides is 1. The van der Waals surface area contributed by atoms with Crippen molar-refractivity contribution in [3.05, 3.63) is 107 Å². The molecule has 12 heteroatoms. The van der Waals surface area contributed by atoms with Crippen molar-refractivity contribution in [3.63, 3.8) is 0 Å². The van der Waals surface area contributed by atoms with Gasteiger partial charge >= 0.3 is 6.09 Å². The Kier molecular flexibility index (Phi) is 9.62. The number of aryl methyl sites for hydroxylation is 5. The minimum absolute atomic E-state index is 0.195. The summed E-state index contributed by atoms with van der Waals surface area (Å²) in [5.74, 6) is 1.74. The molecule has 0 radical (unpaired) electrons. The second-order valence-electron chi connectivity index (χ2n) is 12.1. The van der Waals surface area contributed by atoms with E-state index in [1.165, 1.54) is 11.0 Å². The highest BCUT2D eigenvalue weighted by Crippen LogP contribution is 2.31. The molecule has 0 bridgehead atoms. The molecule has 2 aromatic heterocycles. The average Bonchev–Trinajstić information content (AvgIpc) is 3.49. The normalized spacial score (nSPS) is 15.0. The number of hydrogen-bond donors (Lipinski definition) is 1. The Balaban J connectivity index is 1.28. The van der Waals surface area contributed by atoms with Crippen molar-refractivity contribution in [1.29, 1.82) is 0 Å². The van der Waals surface area contributed by atoms with Gasteiger partial charge in [-0.25, -0.2) is 19.1 Å². The van der Waals surface area contributed by atoms with Crippen LogP contribution < -0.4 is 19.9 Å². The third-order valence-corrected chi connectivity index (χ3v) is 8.52. The number of nitrogens with zero attached hydrogens (tertiary/aromatic N) is 7. The van der Waals surface area contributed by atoms with Crippen molar-refractivity contribution < 1.29 is 18.4 Å². The Hall–Kier alpha value is -5.36. The largest absolute Gasteiger partial charge is 0.425 e. The molecule has 1 saturated heterocycles. The predicted molar refractivity (Wildman–Crippen MR) is 183 cm³/mol. The summed E-state index contributed by atoms with van der Waals surface area (Å²) in [4.78, 5) is 33.0. The molecule has 6 rings (SSSR count). The molecule has 1 N–H and O–H groups in total. The highest BCUT2D eigenvalue weighted by Gasteiger charge is 2.25. The van der Waals surface area contributed by atoms with Gasteiger partial charge in [-0.3, -0.25) is 0 Å². The minimum Gasteiger partial charge on any atom is -0.409 e. The monoisotopic (exact) mass is 650 g/mol. The highest BCUT2D eigenvalue weighted by molar-refractivity contribution is 5.96. The van der Waals surface area contributed by atoms with E-state index in [2.05, 4.69) is 49.2 Å². The molecule has 0 spiro atoms. The maximum Gasteiger partial charge on any atom is 0.425 e. The summed E-state index contributed by atoms with van der Waals surface area (Å²) in [7, 11) is 2.08. The van der Waals surface area contributed by atoms with Crippen LogP contribution in [0.5, 0.6) is 5.75 Å². The summed E-state index contributed by atoms with van der Waals surface area (Å²) >= 11 is 0. The van der Waals surface area contributed by atoms with Gasteiger partial charge in [-0.05, 0) is 88.2 Å². The van der Waals surface area contributed by atoms with E-state index in [0.29, 0.717) is 53.4 Å². The van der Waals surface area contributed by atoms with Gasteiger partial charge in [-0.15, -0.1) is 0 Å². The Labute approximate surface area is 279 Å². The number of benzene rings is 3. The minimum atomic E-state index is -0.640. The van der Waals surface area contributed by atoms with Crippen molar-refractivity contribution in [2.75, 3.05) is 41.8 Å². The van der Waals surface area contributed by atoms with Gasteiger partial charge in [0.25, 0.3) is 0 Å². The maximum atomic E-state index is 15.4. The Morgan fingerprint density at radius 3 is 2.54 bits per heavy atom. The summed E-state index contributed by atoms with van der Waals surface area (Å²) < 4.78 is 26.6. The van der Waals surface area contributed by atoms with E-state index in [1.54, 1.807) is 31.3 Å². The van der Waals surface area contributed by atoms with Gasteiger partial charge in [-0.1, -0.05) is 35.5 Å². The van der Waals surface area contributed by atoms with E-state index < -0.39 is 6.09 Å². The molecule has 11 nitrogen and oxygen atoms in total. The molecule has 1 unspecified atom stereocenters. The van der Waals surface area contributed by atoms with Crippen LogP contribution in [0.4, 0.5) is 38.0 Å². The Morgan fingerprint density at radius 2 is 1.81 bits per heavy atom. The molecular formula is C36H39FN8O3. The van der Waals surface area contributed by atoms with Crippen LogP contribution in [0.1, 0.15) is 35.3 Å². The van der Waals surface area contributed by atoms with Crippen molar-refractivity contribution in [1.82, 2.24) is 25.0 Å². The van der Waals surface area contributed by atoms with Crippen LogP contribution in [0, 0.1) is 26.6 Å². The first-order valence-electron chi connectivity index (χ1n) is 16.0. The number of aromatic nitrogens is 4. The van der Waals surface area contributed by atoms with E-state index in [0.717, 1.165) is 36.3 Å². The second kappa shape index (κ2) is 14.2. The second-order valence-corrected chi connectivity index (χ2v) is 12.1. The topological polar surface area (TPSA) is 113 Å². The molecule has 48 heavy (non-hydrogen) atoms. The van der Waals surface area contributed by atoms with Crippen LogP contribution in [-0.2, 0) is 12.8 Å². The fourth-order valence-corrected chi connectivity index (χ4v) is 5.74. The Morgan fingerprint density at radius 1 is 1.02 bits per heavy atom. The predicted octanol–water partition coefficient (Wildman–Crippen LogP) is 6.93. The van der Waals surface area contributed by atoms with Gasteiger partial charge in [0.05, 0.1) is 11.4 Å². The van der Waals surface area contributed by atoms with E-state index in [4.69, 9.17) is 9.26 Å². The van der Waals surface area contributed by atoms with E-state index in [9.17, 15) is 4.79 Å². The van der Waals surface area contributed by atoms with Crippen LogP contribution in [0.25, 0.3) is 0 Å². The molecule has 3 heterocycles. The van der Waals surface area contributed by atoms with E-state index in [-0.39, 0.29) is 17.6 Å². The van der Waals surface area contributed by atoms with Crippen LogP contribution >= 0.6 is 0 Å². The SMILES string of the molecule is Cc1noc(CCc2cccc(N(C(=O)Oc3c(C)cccc3C)c3ccnc(Nc4ccc(N5CCN(C)C(C)C5)c(F)c4)n3)c2)n1. The molecular weight excluding hydrogens is 611 g/mol. The number of hydrogen-bond acceptors (Lipinski definition) is 10. The number of rotatable bonds is 9. The number of para-hydroxylation sites is 1. The lowest BCUT2D eigenvalue weighted by Crippen LogP contribution is -2.50. The fourth-order valence-electron chi connectivity index (χ4n) is 5.74. The van der Waals surface area contributed by atoms with E-state index in [1.807, 2.05) is 56.3 Å². The summed E-state index contributed by atoms with van der Waals surface area (Å²) in [5.41, 5.74) is 4.20. The Bertz CT molecular complexity index is 1890. The van der Waals surface area contributed by atoms with E-state index >= 15 is 4.39 Å².